The highest BCUT2D eigenvalue weighted by Crippen LogP contribution is 2.36. The van der Waals surface area contributed by atoms with Crippen molar-refractivity contribution in [1.82, 2.24) is 14.9 Å². The highest BCUT2D eigenvalue weighted by molar-refractivity contribution is 7.71. The smallest absolute Gasteiger partial charge is 0.216 e. The Labute approximate surface area is 167 Å². The van der Waals surface area contributed by atoms with Crippen LogP contribution in [0.2, 0.25) is 5.02 Å². The molecule has 1 N–H and O–H groups in total. The molecule has 0 fully saturated rings. The quantitative estimate of drug-likeness (QED) is 0.472. The number of hydrogen-bond acceptors (Lipinski definition) is 5. The Kier molecular flexibility index (Phi) is 5.93. The molecule has 6 nitrogen and oxygen atoms in total. The van der Waals surface area contributed by atoms with Crippen LogP contribution in [0.4, 0.5) is 0 Å². The first-order valence-electron chi connectivity index (χ1n) is 8.32. The number of halogens is 1. The number of rotatable bonds is 6. The fraction of sp³-hybridized carbons (Fsp3) is 0.211. The van der Waals surface area contributed by atoms with Crippen molar-refractivity contribution in [3.8, 4) is 22.9 Å². The van der Waals surface area contributed by atoms with Crippen molar-refractivity contribution in [3.05, 3.63) is 57.3 Å². The first-order chi connectivity index (χ1) is 13.0. The molecule has 0 unspecified atom stereocenters. The van der Waals surface area contributed by atoms with Gasteiger partial charge in [0.15, 0.2) is 17.3 Å². The second-order valence-electron chi connectivity index (χ2n) is 5.74. The van der Waals surface area contributed by atoms with Gasteiger partial charge in [-0.2, -0.15) is 14.9 Å². The van der Waals surface area contributed by atoms with E-state index in [1.54, 1.807) is 30.1 Å². The van der Waals surface area contributed by atoms with Crippen molar-refractivity contribution >= 4 is 30.0 Å². The SMILES string of the molecule is CCOc1c(Cl)cc(/C=N\n2c(-c3ccc(C)cc3)n[nH]c2=S)cc1OC. The number of benzene rings is 2. The van der Waals surface area contributed by atoms with Crippen molar-refractivity contribution < 1.29 is 9.47 Å². The summed E-state index contributed by atoms with van der Waals surface area (Å²) in [5.41, 5.74) is 2.82. The molecule has 27 heavy (non-hydrogen) atoms. The van der Waals surface area contributed by atoms with Crippen LogP contribution in [-0.2, 0) is 0 Å². The third-order valence-electron chi connectivity index (χ3n) is 3.82. The standard InChI is InChI=1S/C19H19ClN4O2S/c1-4-26-17-15(20)9-13(10-16(17)25-3)11-21-24-18(22-23-19(24)27)14-7-5-12(2)6-8-14/h5-11H,4H2,1-3H3,(H,23,27)/b21-11-. The summed E-state index contributed by atoms with van der Waals surface area (Å²) in [6, 6.07) is 11.5. The van der Waals surface area contributed by atoms with Crippen molar-refractivity contribution in [2.45, 2.75) is 13.8 Å². The lowest BCUT2D eigenvalue weighted by molar-refractivity contribution is 0.311. The van der Waals surface area contributed by atoms with Crippen LogP contribution in [0.15, 0.2) is 41.5 Å². The number of hydrogen-bond donors (Lipinski definition) is 1. The van der Waals surface area contributed by atoms with Gasteiger partial charge in [0, 0.05) is 5.56 Å². The number of nitrogens with one attached hydrogen (secondary N) is 1. The molecule has 2 aromatic carbocycles. The van der Waals surface area contributed by atoms with Crippen LogP contribution >= 0.6 is 23.8 Å². The van der Waals surface area contributed by atoms with Crippen LogP contribution in [-0.4, -0.2) is 34.8 Å². The van der Waals surface area contributed by atoms with E-state index in [0.717, 1.165) is 11.1 Å². The Morgan fingerprint density at radius 1 is 1.30 bits per heavy atom. The van der Waals surface area contributed by atoms with Gasteiger partial charge in [-0.3, -0.25) is 0 Å². The Hall–Kier alpha value is -2.64. The summed E-state index contributed by atoms with van der Waals surface area (Å²) in [6.45, 7) is 4.41. The van der Waals surface area contributed by atoms with Gasteiger partial charge in [-0.15, -0.1) is 0 Å². The minimum atomic E-state index is 0.394. The van der Waals surface area contributed by atoms with Crippen molar-refractivity contribution in [1.29, 1.82) is 0 Å². The molecule has 0 aliphatic carbocycles. The minimum Gasteiger partial charge on any atom is -0.493 e. The van der Waals surface area contributed by atoms with E-state index in [1.807, 2.05) is 38.1 Å². The van der Waals surface area contributed by atoms with Crippen LogP contribution in [0.1, 0.15) is 18.1 Å². The lowest BCUT2D eigenvalue weighted by atomic mass is 10.1. The van der Waals surface area contributed by atoms with Crippen LogP contribution in [0.25, 0.3) is 11.4 Å². The Morgan fingerprint density at radius 2 is 2.04 bits per heavy atom. The molecule has 0 bridgehead atoms. The molecule has 0 atom stereocenters. The van der Waals surface area contributed by atoms with E-state index in [4.69, 9.17) is 33.3 Å². The average Bonchev–Trinajstić information content (AvgIpc) is 3.03. The molecule has 8 heteroatoms. The van der Waals surface area contributed by atoms with Gasteiger partial charge in [-0.05, 0) is 43.8 Å². The molecular formula is C19H19ClN4O2S. The Morgan fingerprint density at radius 3 is 2.70 bits per heavy atom. The number of nitrogens with zero attached hydrogens (tertiary/aromatic N) is 3. The van der Waals surface area contributed by atoms with Gasteiger partial charge in [-0.25, -0.2) is 5.10 Å². The molecule has 0 saturated heterocycles. The molecule has 0 saturated carbocycles. The Bertz CT molecular complexity index is 1030. The van der Waals surface area contributed by atoms with E-state index in [9.17, 15) is 0 Å². The summed E-state index contributed by atoms with van der Waals surface area (Å²) >= 11 is 11.6. The zero-order chi connectivity index (χ0) is 19.4. The zero-order valence-electron chi connectivity index (χ0n) is 15.2. The first kappa shape index (κ1) is 19.1. The van der Waals surface area contributed by atoms with E-state index < -0.39 is 0 Å². The van der Waals surface area contributed by atoms with Gasteiger partial charge in [-0.1, -0.05) is 41.4 Å². The first-order valence-corrected chi connectivity index (χ1v) is 9.11. The van der Waals surface area contributed by atoms with Crippen molar-refractivity contribution in [3.63, 3.8) is 0 Å². The number of ether oxygens (including phenoxy) is 2. The number of aryl methyl sites for hydroxylation is 1. The maximum Gasteiger partial charge on any atom is 0.216 e. The lowest BCUT2D eigenvalue weighted by Gasteiger charge is -2.11. The van der Waals surface area contributed by atoms with Gasteiger partial charge in [0.25, 0.3) is 0 Å². The van der Waals surface area contributed by atoms with Gasteiger partial charge in [0.2, 0.25) is 4.77 Å². The molecule has 0 aliphatic rings. The lowest BCUT2D eigenvalue weighted by Crippen LogP contribution is -1.99. The molecule has 0 spiro atoms. The predicted octanol–water partition coefficient (Wildman–Crippen LogP) is 4.86. The number of aromatic nitrogens is 3. The van der Waals surface area contributed by atoms with Gasteiger partial charge in [0.1, 0.15) is 0 Å². The largest absolute Gasteiger partial charge is 0.493 e. The molecule has 0 amide bonds. The monoisotopic (exact) mass is 402 g/mol. The van der Waals surface area contributed by atoms with E-state index in [2.05, 4.69) is 15.3 Å². The zero-order valence-corrected chi connectivity index (χ0v) is 16.8. The third-order valence-corrected chi connectivity index (χ3v) is 4.37. The van der Waals surface area contributed by atoms with E-state index >= 15 is 0 Å². The molecule has 0 radical (unpaired) electrons. The summed E-state index contributed by atoms with van der Waals surface area (Å²) in [6.07, 6.45) is 1.65. The van der Waals surface area contributed by atoms with Gasteiger partial charge < -0.3 is 9.47 Å². The summed E-state index contributed by atoms with van der Waals surface area (Å²) < 4.78 is 12.9. The molecule has 0 aliphatic heterocycles. The van der Waals surface area contributed by atoms with E-state index in [1.165, 1.54) is 5.56 Å². The summed E-state index contributed by atoms with van der Waals surface area (Å²) in [5, 5.41) is 12.0. The molecule has 1 heterocycles. The van der Waals surface area contributed by atoms with E-state index in [-0.39, 0.29) is 0 Å². The minimum absolute atomic E-state index is 0.394. The van der Waals surface area contributed by atoms with Gasteiger partial charge in [0.05, 0.1) is 25.0 Å². The number of H-pyrrole nitrogens is 1. The van der Waals surface area contributed by atoms with E-state index in [0.29, 0.717) is 33.7 Å². The molecule has 140 valence electrons. The van der Waals surface area contributed by atoms with Crippen LogP contribution in [0.3, 0.4) is 0 Å². The van der Waals surface area contributed by atoms with Crippen LogP contribution in [0.5, 0.6) is 11.5 Å². The van der Waals surface area contributed by atoms with Gasteiger partial charge >= 0.3 is 0 Å². The summed E-state index contributed by atoms with van der Waals surface area (Å²) in [7, 11) is 1.57. The maximum atomic E-state index is 6.31. The fourth-order valence-electron chi connectivity index (χ4n) is 2.51. The third kappa shape index (κ3) is 4.20. The summed E-state index contributed by atoms with van der Waals surface area (Å²) in [5.74, 6) is 1.68. The molecule has 1 aromatic heterocycles. The number of aromatic amines is 1. The van der Waals surface area contributed by atoms with Crippen LogP contribution in [0, 0.1) is 11.7 Å². The normalized spacial score (nSPS) is 11.1. The van der Waals surface area contributed by atoms with Crippen LogP contribution < -0.4 is 9.47 Å². The predicted molar refractivity (Wildman–Crippen MR) is 110 cm³/mol. The average molecular weight is 403 g/mol. The Balaban J connectivity index is 1.98. The molecular weight excluding hydrogens is 384 g/mol. The topological polar surface area (TPSA) is 64.4 Å². The molecule has 3 aromatic rings. The maximum absolute atomic E-state index is 6.31. The highest BCUT2D eigenvalue weighted by atomic mass is 35.5. The fourth-order valence-corrected chi connectivity index (χ4v) is 2.96. The van der Waals surface area contributed by atoms with Crippen molar-refractivity contribution in [2.75, 3.05) is 13.7 Å². The summed E-state index contributed by atoms with van der Waals surface area (Å²) in [4.78, 5) is 0. The molecule has 3 rings (SSSR count). The second-order valence-corrected chi connectivity index (χ2v) is 6.54. The van der Waals surface area contributed by atoms with Crippen molar-refractivity contribution in [2.24, 2.45) is 5.10 Å². The highest BCUT2D eigenvalue weighted by Gasteiger charge is 2.12. The number of methoxy groups -OCH3 is 1. The second kappa shape index (κ2) is 8.37.